The summed E-state index contributed by atoms with van der Waals surface area (Å²) in [6, 6.07) is 2.04. The van der Waals surface area contributed by atoms with Gasteiger partial charge in [0.25, 0.3) is 0 Å². The third-order valence-corrected chi connectivity index (χ3v) is 2.60. The molecule has 2 nitrogen and oxygen atoms in total. The molecule has 14 heavy (non-hydrogen) atoms. The van der Waals surface area contributed by atoms with Crippen LogP contribution >= 0.6 is 11.6 Å². The first-order valence-electron chi connectivity index (χ1n) is 5.01. The molecule has 0 aliphatic heterocycles. The van der Waals surface area contributed by atoms with Crippen LogP contribution in [0.3, 0.4) is 0 Å². The van der Waals surface area contributed by atoms with E-state index in [-0.39, 0.29) is 0 Å². The molecule has 0 atom stereocenters. The number of aryl methyl sites for hydroxylation is 1. The lowest BCUT2D eigenvalue weighted by Gasteiger charge is -2.15. The summed E-state index contributed by atoms with van der Waals surface area (Å²) < 4.78 is 5.24. The Morgan fingerprint density at radius 3 is 2.79 bits per heavy atom. The van der Waals surface area contributed by atoms with E-state index in [2.05, 4.69) is 11.9 Å². The number of furan rings is 1. The quantitative estimate of drug-likeness (QED) is 0.536. The minimum atomic E-state index is 0.762. The van der Waals surface area contributed by atoms with Crippen LogP contribution in [0.1, 0.15) is 24.2 Å². The van der Waals surface area contributed by atoms with Crippen LogP contribution in [0.2, 0.25) is 0 Å². The monoisotopic (exact) mass is 215 g/mol. The largest absolute Gasteiger partial charge is 0.469 e. The second kappa shape index (κ2) is 6.10. The topological polar surface area (TPSA) is 16.4 Å². The van der Waals surface area contributed by atoms with Gasteiger partial charge in [0.2, 0.25) is 0 Å². The summed E-state index contributed by atoms with van der Waals surface area (Å²) in [7, 11) is 2.13. The average Bonchev–Trinajstić information content (AvgIpc) is 2.52. The first kappa shape index (κ1) is 11.6. The summed E-state index contributed by atoms with van der Waals surface area (Å²) in [6.45, 7) is 4.06. The van der Waals surface area contributed by atoms with E-state index in [1.54, 1.807) is 6.26 Å². The first-order chi connectivity index (χ1) is 6.74. The molecule has 1 aromatic rings. The Hall–Kier alpha value is -0.470. The van der Waals surface area contributed by atoms with E-state index in [0.29, 0.717) is 0 Å². The summed E-state index contributed by atoms with van der Waals surface area (Å²) in [5, 5.41) is 0. The van der Waals surface area contributed by atoms with Gasteiger partial charge in [0.1, 0.15) is 5.76 Å². The molecule has 0 saturated heterocycles. The van der Waals surface area contributed by atoms with Gasteiger partial charge in [-0.3, -0.25) is 0 Å². The van der Waals surface area contributed by atoms with Crippen molar-refractivity contribution >= 4 is 11.6 Å². The highest BCUT2D eigenvalue weighted by Gasteiger charge is 2.04. The van der Waals surface area contributed by atoms with Gasteiger partial charge in [-0.15, -0.1) is 11.6 Å². The van der Waals surface area contributed by atoms with Crippen LogP contribution in [0.4, 0.5) is 0 Å². The molecule has 80 valence electrons. The molecule has 0 N–H and O–H groups in total. The number of halogens is 1. The SMILES string of the molecule is Cc1occc1CN(C)CCCCCl. The van der Waals surface area contributed by atoms with Crippen molar-refractivity contribution in [3.63, 3.8) is 0 Å². The van der Waals surface area contributed by atoms with Crippen molar-refractivity contribution in [1.82, 2.24) is 4.90 Å². The molecule has 0 amide bonds. The molecule has 0 aliphatic carbocycles. The highest BCUT2D eigenvalue weighted by molar-refractivity contribution is 6.17. The summed E-state index contributed by atoms with van der Waals surface area (Å²) in [5.41, 5.74) is 1.28. The summed E-state index contributed by atoms with van der Waals surface area (Å²) >= 11 is 5.62. The second-order valence-electron chi connectivity index (χ2n) is 3.64. The van der Waals surface area contributed by atoms with Gasteiger partial charge in [0, 0.05) is 18.0 Å². The molecule has 1 heterocycles. The van der Waals surface area contributed by atoms with E-state index in [1.807, 2.05) is 13.0 Å². The lowest BCUT2D eigenvalue weighted by Crippen LogP contribution is -2.19. The molecule has 0 spiro atoms. The maximum Gasteiger partial charge on any atom is 0.105 e. The van der Waals surface area contributed by atoms with Gasteiger partial charge in [-0.2, -0.15) is 0 Å². The van der Waals surface area contributed by atoms with Crippen molar-refractivity contribution in [1.29, 1.82) is 0 Å². The lowest BCUT2D eigenvalue weighted by atomic mass is 10.2. The van der Waals surface area contributed by atoms with Crippen LogP contribution in [0.15, 0.2) is 16.7 Å². The Morgan fingerprint density at radius 2 is 2.21 bits per heavy atom. The molecule has 1 rings (SSSR count). The Balaban J connectivity index is 2.27. The van der Waals surface area contributed by atoms with E-state index in [9.17, 15) is 0 Å². The molecule has 0 aromatic carbocycles. The Kier molecular flexibility index (Phi) is 5.05. The van der Waals surface area contributed by atoms with Gasteiger partial charge >= 0.3 is 0 Å². The Labute approximate surface area is 90.8 Å². The Bertz CT molecular complexity index is 260. The van der Waals surface area contributed by atoms with Crippen molar-refractivity contribution in [2.24, 2.45) is 0 Å². The zero-order chi connectivity index (χ0) is 10.4. The van der Waals surface area contributed by atoms with E-state index in [4.69, 9.17) is 16.0 Å². The molecule has 0 bridgehead atoms. The molecule has 0 aliphatic rings. The lowest BCUT2D eigenvalue weighted by molar-refractivity contribution is 0.318. The zero-order valence-electron chi connectivity index (χ0n) is 8.92. The smallest absolute Gasteiger partial charge is 0.105 e. The van der Waals surface area contributed by atoms with Crippen molar-refractivity contribution < 1.29 is 4.42 Å². The number of rotatable bonds is 6. The van der Waals surface area contributed by atoms with Gasteiger partial charge in [0.05, 0.1) is 6.26 Å². The number of unbranched alkanes of at least 4 members (excludes halogenated alkanes) is 1. The van der Waals surface area contributed by atoms with Crippen molar-refractivity contribution in [3.05, 3.63) is 23.7 Å². The third kappa shape index (κ3) is 3.72. The van der Waals surface area contributed by atoms with Crippen LogP contribution in [-0.4, -0.2) is 24.4 Å². The van der Waals surface area contributed by atoms with Crippen molar-refractivity contribution in [3.8, 4) is 0 Å². The molecule has 0 saturated carbocycles. The summed E-state index contributed by atoms with van der Waals surface area (Å²) in [4.78, 5) is 2.30. The fourth-order valence-electron chi connectivity index (χ4n) is 1.42. The zero-order valence-corrected chi connectivity index (χ0v) is 9.68. The van der Waals surface area contributed by atoms with Crippen LogP contribution in [0.5, 0.6) is 0 Å². The summed E-state index contributed by atoms with van der Waals surface area (Å²) in [5.74, 6) is 1.78. The van der Waals surface area contributed by atoms with Gasteiger partial charge in [-0.1, -0.05) is 0 Å². The second-order valence-corrected chi connectivity index (χ2v) is 4.01. The molecule has 0 fully saturated rings. The predicted molar refractivity (Wildman–Crippen MR) is 59.7 cm³/mol. The minimum absolute atomic E-state index is 0.762. The number of hydrogen-bond acceptors (Lipinski definition) is 2. The molecule has 0 unspecified atom stereocenters. The average molecular weight is 216 g/mol. The van der Waals surface area contributed by atoms with Crippen LogP contribution in [-0.2, 0) is 6.54 Å². The van der Waals surface area contributed by atoms with E-state index in [1.165, 1.54) is 5.56 Å². The minimum Gasteiger partial charge on any atom is -0.469 e. The fraction of sp³-hybridized carbons (Fsp3) is 0.636. The molecular formula is C11H18ClNO. The molecule has 3 heteroatoms. The van der Waals surface area contributed by atoms with Crippen molar-refractivity contribution in [2.75, 3.05) is 19.5 Å². The Morgan fingerprint density at radius 1 is 1.43 bits per heavy atom. The fourth-order valence-corrected chi connectivity index (χ4v) is 1.61. The van der Waals surface area contributed by atoms with E-state index < -0.39 is 0 Å². The van der Waals surface area contributed by atoms with Crippen LogP contribution in [0.25, 0.3) is 0 Å². The van der Waals surface area contributed by atoms with E-state index >= 15 is 0 Å². The summed E-state index contributed by atoms with van der Waals surface area (Å²) in [6.07, 6.45) is 4.00. The predicted octanol–water partition coefficient (Wildman–Crippen LogP) is 3.04. The number of hydrogen-bond donors (Lipinski definition) is 0. The number of alkyl halides is 1. The number of nitrogens with zero attached hydrogens (tertiary/aromatic N) is 1. The highest BCUT2D eigenvalue weighted by Crippen LogP contribution is 2.11. The molecule has 0 radical (unpaired) electrons. The maximum atomic E-state index is 5.62. The standard InChI is InChI=1S/C11H18ClNO/c1-10-11(5-8-14-10)9-13(2)7-4-3-6-12/h5,8H,3-4,6-7,9H2,1-2H3. The highest BCUT2D eigenvalue weighted by atomic mass is 35.5. The van der Waals surface area contributed by atoms with E-state index in [0.717, 1.165) is 37.6 Å². The van der Waals surface area contributed by atoms with Crippen LogP contribution < -0.4 is 0 Å². The first-order valence-corrected chi connectivity index (χ1v) is 5.55. The van der Waals surface area contributed by atoms with Gasteiger partial charge < -0.3 is 9.32 Å². The maximum absolute atomic E-state index is 5.62. The van der Waals surface area contributed by atoms with Gasteiger partial charge in [0.15, 0.2) is 0 Å². The van der Waals surface area contributed by atoms with Crippen LogP contribution in [0, 0.1) is 6.92 Å². The van der Waals surface area contributed by atoms with Gasteiger partial charge in [-0.05, 0) is 39.4 Å². The molecular weight excluding hydrogens is 198 g/mol. The van der Waals surface area contributed by atoms with Gasteiger partial charge in [-0.25, -0.2) is 0 Å². The molecule has 1 aromatic heterocycles. The van der Waals surface area contributed by atoms with Crippen molar-refractivity contribution in [2.45, 2.75) is 26.3 Å². The third-order valence-electron chi connectivity index (χ3n) is 2.33. The normalized spacial score (nSPS) is 11.1.